The summed E-state index contributed by atoms with van der Waals surface area (Å²) in [5.74, 6) is -2.67. The van der Waals surface area contributed by atoms with Gasteiger partial charge in [0.25, 0.3) is 0 Å². The summed E-state index contributed by atoms with van der Waals surface area (Å²) in [5.41, 5.74) is -0.459. The maximum Gasteiger partial charge on any atom is 0.338 e. The predicted molar refractivity (Wildman–Crippen MR) is 65.6 cm³/mol. The van der Waals surface area contributed by atoms with Crippen molar-refractivity contribution in [1.82, 2.24) is 10.3 Å². The van der Waals surface area contributed by atoms with Crippen LogP contribution in [0.3, 0.4) is 0 Å². The Morgan fingerprint density at radius 2 is 2.26 bits per heavy atom. The average molecular weight is 267 g/mol. The molecule has 0 saturated heterocycles. The lowest BCUT2D eigenvalue weighted by atomic mass is 10.2. The number of amides is 1. The van der Waals surface area contributed by atoms with Crippen molar-refractivity contribution in [2.45, 2.75) is 18.9 Å². The number of carbonyl (C=O) groups is 2. The van der Waals surface area contributed by atoms with Crippen molar-refractivity contribution < 1.29 is 19.1 Å². The number of aromatic carboxylic acids is 1. The van der Waals surface area contributed by atoms with Crippen molar-refractivity contribution in [3.8, 4) is 0 Å². The van der Waals surface area contributed by atoms with Gasteiger partial charge in [0.15, 0.2) is 11.6 Å². The summed E-state index contributed by atoms with van der Waals surface area (Å²) < 4.78 is 13.9. The number of hydrogen-bond acceptors (Lipinski definition) is 4. The number of carbonyl (C=O) groups excluding carboxylic acids is 1. The minimum absolute atomic E-state index is 0.0660. The van der Waals surface area contributed by atoms with Crippen LogP contribution < -0.4 is 10.2 Å². The normalized spacial score (nSPS) is 14.0. The van der Waals surface area contributed by atoms with E-state index in [0.717, 1.165) is 18.9 Å². The lowest BCUT2D eigenvalue weighted by molar-refractivity contribution is -0.119. The number of nitrogens with one attached hydrogen (secondary N) is 1. The van der Waals surface area contributed by atoms with E-state index in [4.69, 9.17) is 5.11 Å². The number of carboxylic acid groups (broad SMARTS) is 1. The number of anilines is 1. The van der Waals surface area contributed by atoms with E-state index in [0.29, 0.717) is 0 Å². The van der Waals surface area contributed by atoms with Gasteiger partial charge in [0, 0.05) is 19.3 Å². The van der Waals surface area contributed by atoms with Crippen LogP contribution in [0.2, 0.25) is 0 Å². The number of pyridine rings is 1. The first-order valence-corrected chi connectivity index (χ1v) is 5.87. The molecule has 0 spiro atoms. The molecule has 0 aromatic carbocycles. The van der Waals surface area contributed by atoms with Crippen molar-refractivity contribution in [3.63, 3.8) is 0 Å². The fourth-order valence-corrected chi connectivity index (χ4v) is 1.66. The molecule has 0 radical (unpaired) electrons. The molecule has 2 N–H and O–H groups in total. The van der Waals surface area contributed by atoms with E-state index in [1.807, 2.05) is 0 Å². The van der Waals surface area contributed by atoms with Crippen molar-refractivity contribution in [1.29, 1.82) is 0 Å². The van der Waals surface area contributed by atoms with Crippen LogP contribution in [-0.2, 0) is 4.79 Å². The molecule has 1 fully saturated rings. The Morgan fingerprint density at radius 3 is 2.84 bits per heavy atom. The van der Waals surface area contributed by atoms with Crippen LogP contribution in [0.15, 0.2) is 12.3 Å². The van der Waals surface area contributed by atoms with Gasteiger partial charge in [-0.15, -0.1) is 0 Å². The lowest BCUT2D eigenvalue weighted by Gasteiger charge is -2.18. The van der Waals surface area contributed by atoms with Gasteiger partial charge in [-0.3, -0.25) is 4.79 Å². The summed E-state index contributed by atoms with van der Waals surface area (Å²) in [5, 5.41) is 11.6. The summed E-state index contributed by atoms with van der Waals surface area (Å²) in [7, 11) is 1.49. The molecular formula is C12H14FN3O3. The quantitative estimate of drug-likeness (QED) is 0.817. The van der Waals surface area contributed by atoms with E-state index in [-0.39, 0.29) is 24.3 Å². The minimum atomic E-state index is -1.36. The Bertz CT molecular complexity index is 517. The third kappa shape index (κ3) is 3.18. The number of carboxylic acids is 1. The third-order valence-corrected chi connectivity index (χ3v) is 2.79. The summed E-state index contributed by atoms with van der Waals surface area (Å²) >= 11 is 0. The Labute approximate surface area is 109 Å². The molecule has 1 aliphatic carbocycles. The SMILES string of the molecule is CN(CC(=O)NC1CC1)c1nccc(C(=O)O)c1F. The van der Waals surface area contributed by atoms with Gasteiger partial charge in [-0.1, -0.05) is 0 Å². The van der Waals surface area contributed by atoms with Crippen molar-refractivity contribution in [3.05, 3.63) is 23.6 Å². The molecule has 7 heteroatoms. The molecule has 1 heterocycles. The van der Waals surface area contributed by atoms with Gasteiger partial charge in [0.05, 0.1) is 6.54 Å². The molecule has 0 atom stereocenters. The molecular weight excluding hydrogens is 253 g/mol. The number of halogens is 1. The third-order valence-electron chi connectivity index (χ3n) is 2.79. The largest absolute Gasteiger partial charge is 0.478 e. The average Bonchev–Trinajstić information content (AvgIpc) is 3.12. The molecule has 2 rings (SSSR count). The molecule has 1 aliphatic rings. The first-order valence-electron chi connectivity index (χ1n) is 5.87. The Kier molecular flexibility index (Phi) is 3.64. The molecule has 19 heavy (non-hydrogen) atoms. The van der Waals surface area contributed by atoms with E-state index in [2.05, 4.69) is 10.3 Å². The number of hydrogen-bond donors (Lipinski definition) is 2. The monoisotopic (exact) mass is 267 g/mol. The minimum Gasteiger partial charge on any atom is -0.478 e. The Hall–Kier alpha value is -2.18. The van der Waals surface area contributed by atoms with Crippen LogP contribution in [0.5, 0.6) is 0 Å². The van der Waals surface area contributed by atoms with Gasteiger partial charge in [0.2, 0.25) is 5.91 Å². The zero-order valence-corrected chi connectivity index (χ0v) is 10.4. The van der Waals surface area contributed by atoms with Gasteiger partial charge in [0.1, 0.15) is 5.56 Å². The zero-order valence-electron chi connectivity index (χ0n) is 10.4. The second-order valence-electron chi connectivity index (χ2n) is 4.50. The summed E-state index contributed by atoms with van der Waals surface area (Å²) in [6.45, 7) is -0.0660. The number of likely N-dealkylation sites (N-methyl/N-ethyl adjacent to an activating group) is 1. The van der Waals surface area contributed by atoms with Crippen molar-refractivity contribution in [2.24, 2.45) is 0 Å². The molecule has 0 aliphatic heterocycles. The van der Waals surface area contributed by atoms with Crippen LogP contribution >= 0.6 is 0 Å². The van der Waals surface area contributed by atoms with E-state index in [1.54, 1.807) is 0 Å². The van der Waals surface area contributed by atoms with Gasteiger partial charge < -0.3 is 15.3 Å². The number of rotatable bonds is 5. The summed E-state index contributed by atoms with van der Waals surface area (Å²) in [6.07, 6.45) is 3.14. The first-order chi connectivity index (χ1) is 8.99. The van der Waals surface area contributed by atoms with Crippen LogP contribution in [0.1, 0.15) is 23.2 Å². The van der Waals surface area contributed by atoms with Crippen LogP contribution in [0, 0.1) is 5.82 Å². The smallest absolute Gasteiger partial charge is 0.338 e. The van der Waals surface area contributed by atoms with Gasteiger partial charge in [-0.05, 0) is 18.9 Å². The zero-order chi connectivity index (χ0) is 14.0. The standard InChI is InChI=1S/C12H14FN3O3/c1-16(6-9(17)15-7-2-3-7)11-10(13)8(12(18)19)4-5-14-11/h4-5,7H,2-3,6H2,1H3,(H,15,17)(H,18,19). The molecule has 1 saturated carbocycles. The van der Waals surface area contributed by atoms with Gasteiger partial charge >= 0.3 is 5.97 Å². The second-order valence-corrected chi connectivity index (χ2v) is 4.50. The van der Waals surface area contributed by atoms with Crippen molar-refractivity contribution >= 4 is 17.7 Å². The molecule has 1 aromatic heterocycles. The second kappa shape index (κ2) is 5.21. The highest BCUT2D eigenvalue weighted by atomic mass is 19.1. The maximum absolute atomic E-state index is 13.9. The number of aromatic nitrogens is 1. The Balaban J connectivity index is 2.09. The molecule has 1 aromatic rings. The maximum atomic E-state index is 13.9. The highest BCUT2D eigenvalue weighted by Crippen LogP contribution is 2.20. The summed E-state index contributed by atoms with van der Waals surface area (Å²) in [6, 6.07) is 1.31. The van der Waals surface area contributed by atoms with Crippen LogP contribution in [0.25, 0.3) is 0 Å². The van der Waals surface area contributed by atoms with Crippen LogP contribution in [-0.4, -0.2) is 41.6 Å². The number of nitrogens with zero attached hydrogens (tertiary/aromatic N) is 2. The first kappa shape index (κ1) is 13.3. The summed E-state index contributed by atoms with van der Waals surface area (Å²) in [4.78, 5) is 27.5. The van der Waals surface area contributed by atoms with E-state index < -0.39 is 17.3 Å². The molecule has 6 nitrogen and oxygen atoms in total. The lowest BCUT2D eigenvalue weighted by Crippen LogP contribution is -2.37. The Morgan fingerprint density at radius 1 is 1.58 bits per heavy atom. The van der Waals surface area contributed by atoms with Crippen LogP contribution in [0.4, 0.5) is 10.2 Å². The predicted octanol–water partition coefficient (Wildman–Crippen LogP) is 0.634. The molecule has 1 amide bonds. The van der Waals surface area contributed by atoms with Gasteiger partial charge in [-0.2, -0.15) is 0 Å². The fourth-order valence-electron chi connectivity index (χ4n) is 1.66. The highest BCUT2D eigenvalue weighted by Gasteiger charge is 2.24. The molecule has 0 bridgehead atoms. The highest BCUT2D eigenvalue weighted by molar-refractivity contribution is 5.89. The topological polar surface area (TPSA) is 82.5 Å². The van der Waals surface area contributed by atoms with E-state index in [9.17, 15) is 14.0 Å². The van der Waals surface area contributed by atoms with E-state index in [1.165, 1.54) is 18.1 Å². The van der Waals surface area contributed by atoms with Gasteiger partial charge in [-0.25, -0.2) is 14.2 Å². The molecule has 0 unspecified atom stereocenters. The molecule has 102 valence electrons. The fraction of sp³-hybridized carbons (Fsp3) is 0.417. The van der Waals surface area contributed by atoms with Crippen molar-refractivity contribution in [2.75, 3.05) is 18.5 Å². The van der Waals surface area contributed by atoms with E-state index >= 15 is 0 Å².